The molecule has 2 fully saturated rings. The first-order valence-corrected chi connectivity index (χ1v) is 11.9. The van der Waals surface area contributed by atoms with Gasteiger partial charge in [-0.3, -0.25) is 14.5 Å². The van der Waals surface area contributed by atoms with Crippen molar-refractivity contribution in [1.29, 1.82) is 0 Å². The second kappa shape index (κ2) is 9.38. The highest BCUT2D eigenvalue weighted by molar-refractivity contribution is 6.09. The van der Waals surface area contributed by atoms with Gasteiger partial charge in [0, 0.05) is 12.6 Å². The zero-order chi connectivity index (χ0) is 23.6. The number of benzene rings is 2. The maximum atomic E-state index is 13.4. The number of nitrogens with one attached hydrogen (secondary N) is 1. The van der Waals surface area contributed by atoms with Crippen LogP contribution in [0.1, 0.15) is 56.7 Å². The Morgan fingerprint density at radius 2 is 1.76 bits per heavy atom. The van der Waals surface area contributed by atoms with Crippen LogP contribution in [0.15, 0.2) is 54.6 Å². The average molecular weight is 448 g/mol. The second-order valence-electron chi connectivity index (χ2n) is 9.48. The number of carbonyl (C=O) groups excluding carboxylic acids is 3. The van der Waals surface area contributed by atoms with E-state index < -0.39 is 11.6 Å². The minimum atomic E-state index is -1.17. The van der Waals surface area contributed by atoms with Gasteiger partial charge in [0.15, 0.2) is 0 Å². The topological polar surface area (TPSA) is 69.7 Å². The van der Waals surface area contributed by atoms with Gasteiger partial charge in [-0.05, 0) is 55.7 Å². The number of imide groups is 1. The fraction of sp³-hybridized carbons (Fsp3) is 0.444. The number of nitrogens with zero attached hydrogens (tertiary/aromatic N) is 2. The van der Waals surface area contributed by atoms with Gasteiger partial charge < -0.3 is 10.2 Å². The smallest absolute Gasteiger partial charge is 0.325 e. The number of hydrogen-bond acceptors (Lipinski definition) is 3. The first-order chi connectivity index (χ1) is 15.8. The minimum Gasteiger partial charge on any atom is -0.334 e. The number of hydrogen-bond donors (Lipinski definition) is 1. The molecule has 4 rings (SSSR count). The summed E-state index contributed by atoms with van der Waals surface area (Å²) in [6.45, 7) is 6.11. The highest BCUT2D eigenvalue weighted by Crippen LogP contribution is 2.36. The van der Waals surface area contributed by atoms with Crippen molar-refractivity contribution in [3.05, 3.63) is 71.3 Å². The van der Waals surface area contributed by atoms with Crippen molar-refractivity contribution < 1.29 is 14.4 Å². The fourth-order valence-corrected chi connectivity index (χ4v) is 4.63. The molecule has 2 atom stereocenters. The lowest BCUT2D eigenvalue weighted by atomic mass is 9.91. The Hall–Kier alpha value is -3.15. The number of rotatable bonds is 9. The molecule has 1 heterocycles. The van der Waals surface area contributed by atoms with Gasteiger partial charge in [-0.2, -0.15) is 0 Å². The Morgan fingerprint density at radius 1 is 1.09 bits per heavy atom. The van der Waals surface area contributed by atoms with Crippen LogP contribution in [0.2, 0.25) is 0 Å². The molecule has 0 radical (unpaired) electrons. The number of aryl methyl sites for hydroxylation is 1. The van der Waals surface area contributed by atoms with Crippen molar-refractivity contribution in [2.24, 2.45) is 5.92 Å². The van der Waals surface area contributed by atoms with Gasteiger partial charge in [0.25, 0.3) is 5.91 Å². The maximum Gasteiger partial charge on any atom is 0.325 e. The third-order valence-electron chi connectivity index (χ3n) is 6.95. The third kappa shape index (κ3) is 4.80. The van der Waals surface area contributed by atoms with E-state index in [-0.39, 0.29) is 24.4 Å². The fourth-order valence-electron chi connectivity index (χ4n) is 4.63. The zero-order valence-corrected chi connectivity index (χ0v) is 19.7. The SMILES string of the molecule is CCCc1ccc([C@@]2(C)NC(=O)N(CC(=O)N(Cc3ccccc3)[C@@H](C)C3CC3)C2=O)cc1. The predicted octanol–water partition coefficient (Wildman–Crippen LogP) is 4.23. The molecule has 1 saturated carbocycles. The maximum absolute atomic E-state index is 13.4. The Kier molecular flexibility index (Phi) is 6.54. The summed E-state index contributed by atoms with van der Waals surface area (Å²) in [5.74, 6) is -0.111. The van der Waals surface area contributed by atoms with Crippen LogP contribution in [-0.4, -0.2) is 40.2 Å². The highest BCUT2D eigenvalue weighted by Gasteiger charge is 2.50. The summed E-state index contributed by atoms with van der Waals surface area (Å²) in [6.07, 6.45) is 4.22. The summed E-state index contributed by atoms with van der Waals surface area (Å²) in [5.41, 5.74) is 1.78. The van der Waals surface area contributed by atoms with Crippen LogP contribution in [0.5, 0.6) is 0 Å². The minimum absolute atomic E-state index is 0.0657. The Labute approximate surface area is 196 Å². The molecular weight excluding hydrogens is 414 g/mol. The summed E-state index contributed by atoms with van der Waals surface area (Å²) in [7, 11) is 0. The largest absolute Gasteiger partial charge is 0.334 e. The van der Waals surface area contributed by atoms with E-state index in [0.29, 0.717) is 12.5 Å². The van der Waals surface area contributed by atoms with Crippen molar-refractivity contribution in [2.75, 3.05) is 6.54 Å². The molecule has 0 aromatic heterocycles. The van der Waals surface area contributed by atoms with Gasteiger partial charge in [-0.15, -0.1) is 0 Å². The van der Waals surface area contributed by atoms with Crippen LogP contribution in [-0.2, 0) is 28.1 Å². The Morgan fingerprint density at radius 3 is 2.36 bits per heavy atom. The molecular formula is C27H33N3O3. The molecule has 4 amide bonds. The third-order valence-corrected chi connectivity index (χ3v) is 6.95. The first kappa shape index (κ1) is 23.0. The second-order valence-corrected chi connectivity index (χ2v) is 9.48. The lowest BCUT2D eigenvalue weighted by Crippen LogP contribution is -2.47. The van der Waals surface area contributed by atoms with Gasteiger partial charge in [0.2, 0.25) is 5.91 Å². The monoisotopic (exact) mass is 447 g/mol. The van der Waals surface area contributed by atoms with Gasteiger partial charge in [0.1, 0.15) is 12.1 Å². The molecule has 174 valence electrons. The predicted molar refractivity (Wildman–Crippen MR) is 127 cm³/mol. The molecule has 33 heavy (non-hydrogen) atoms. The molecule has 1 saturated heterocycles. The molecule has 0 spiro atoms. The molecule has 6 nitrogen and oxygen atoms in total. The average Bonchev–Trinajstić information content (AvgIpc) is 3.63. The molecule has 2 aliphatic rings. The van der Waals surface area contributed by atoms with E-state index in [1.165, 1.54) is 5.56 Å². The van der Waals surface area contributed by atoms with Gasteiger partial charge in [-0.1, -0.05) is 67.9 Å². The first-order valence-electron chi connectivity index (χ1n) is 11.9. The van der Waals surface area contributed by atoms with Crippen molar-refractivity contribution in [2.45, 2.75) is 64.6 Å². The van der Waals surface area contributed by atoms with Crippen LogP contribution in [0, 0.1) is 5.92 Å². The normalized spacial score (nSPS) is 21.1. The van der Waals surface area contributed by atoms with E-state index in [4.69, 9.17) is 0 Å². The summed E-state index contributed by atoms with van der Waals surface area (Å²) < 4.78 is 0. The van der Waals surface area contributed by atoms with E-state index >= 15 is 0 Å². The molecule has 6 heteroatoms. The zero-order valence-electron chi connectivity index (χ0n) is 19.7. The number of carbonyl (C=O) groups is 3. The summed E-state index contributed by atoms with van der Waals surface area (Å²) in [6, 6.07) is 17.2. The summed E-state index contributed by atoms with van der Waals surface area (Å²) in [5, 5.41) is 2.82. The van der Waals surface area contributed by atoms with E-state index in [0.717, 1.165) is 41.7 Å². The number of amides is 4. The van der Waals surface area contributed by atoms with Crippen LogP contribution in [0.4, 0.5) is 4.79 Å². The number of urea groups is 1. The highest BCUT2D eigenvalue weighted by atomic mass is 16.2. The molecule has 0 unspecified atom stereocenters. The summed E-state index contributed by atoms with van der Waals surface area (Å²) >= 11 is 0. The molecule has 1 N–H and O–H groups in total. The van der Waals surface area contributed by atoms with Crippen LogP contribution in [0.3, 0.4) is 0 Å². The van der Waals surface area contributed by atoms with Crippen molar-refractivity contribution in [3.8, 4) is 0 Å². The summed E-state index contributed by atoms with van der Waals surface area (Å²) in [4.78, 5) is 42.4. The van der Waals surface area contributed by atoms with E-state index in [1.54, 1.807) is 6.92 Å². The molecule has 1 aliphatic carbocycles. The van der Waals surface area contributed by atoms with E-state index in [1.807, 2.05) is 59.5 Å². The van der Waals surface area contributed by atoms with Crippen LogP contribution >= 0.6 is 0 Å². The molecule has 1 aliphatic heterocycles. The molecule has 2 aromatic rings. The van der Waals surface area contributed by atoms with Gasteiger partial charge >= 0.3 is 6.03 Å². The van der Waals surface area contributed by atoms with Crippen molar-refractivity contribution >= 4 is 17.8 Å². The van der Waals surface area contributed by atoms with Crippen molar-refractivity contribution in [3.63, 3.8) is 0 Å². The van der Waals surface area contributed by atoms with Crippen molar-refractivity contribution in [1.82, 2.24) is 15.1 Å². The van der Waals surface area contributed by atoms with Crippen LogP contribution < -0.4 is 5.32 Å². The van der Waals surface area contributed by atoms with Gasteiger partial charge in [0.05, 0.1) is 0 Å². The Bertz CT molecular complexity index is 1020. The Balaban J connectivity index is 1.51. The molecule has 0 bridgehead atoms. The van der Waals surface area contributed by atoms with Gasteiger partial charge in [-0.25, -0.2) is 4.79 Å². The standard InChI is InChI=1S/C27H33N3O3/c1-4-8-20-11-15-23(16-12-20)27(3)25(32)30(26(33)28-27)18-24(31)29(19(2)22-13-14-22)17-21-9-6-5-7-10-21/h5-7,9-12,15-16,19,22H,4,8,13-14,17-18H2,1-3H3,(H,28,33)/t19-,27+/m0/s1. The lowest BCUT2D eigenvalue weighted by Gasteiger charge is -2.31. The quantitative estimate of drug-likeness (QED) is 0.585. The lowest BCUT2D eigenvalue weighted by molar-refractivity contribution is -0.140. The van der Waals surface area contributed by atoms with Crippen LogP contribution in [0.25, 0.3) is 0 Å². The molecule has 2 aromatic carbocycles. The van der Waals surface area contributed by atoms with E-state index in [9.17, 15) is 14.4 Å². The van der Waals surface area contributed by atoms with E-state index in [2.05, 4.69) is 19.2 Å².